The molecule has 14 heavy (non-hydrogen) atoms. The van der Waals surface area contributed by atoms with E-state index in [2.05, 4.69) is 11.9 Å². The first kappa shape index (κ1) is 9.52. The summed E-state index contributed by atoms with van der Waals surface area (Å²) in [6.07, 6.45) is 3.29. The van der Waals surface area contributed by atoms with Crippen LogP contribution in [0.25, 0.3) is 0 Å². The molecule has 1 aromatic heterocycles. The predicted octanol–water partition coefficient (Wildman–Crippen LogP) is 1.32. The first-order chi connectivity index (χ1) is 6.74. The van der Waals surface area contributed by atoms with Gasteiger partial charge in [-0.3, -0.25) is 4.68 Å². The molecule has 2 heterocycles. The van der Waals surface area contributed by atoms with Crippen LogP contribution >= 0.6 is 0 Å². The van der Waals surface area contributed by atoms with Gasteiger partial charge in [0, 0.05) is 6.61 Å². The molecule has 1 aromatic rings. The second kappa shape index (κ2) is 3.61. The normalized spacial score (nSPS) is 21.7. The molecule has 2 N–H and O–H groups in total. The predicted molar refractivity (Wildman–Crippen MR) is 54.4 cm³/mol. The van der Waals surface area contributed by atoms with Crippen molar-refractivity contribution in [3.8, 4) is 0 Å². The van der Waals surface area contributed by atoms with E-state index in [9.17, 15) is 0 Å². The maximum absolute atomic E-state index is 5.88. The number of rotatable bonds is 2. The van der Waals surface area contributed by atoms with Crippen LogP contribution in [0.15, 0.2) is 0 Å². The van der Waals surface area contributed by atoms with Crippen LogP contribution in [0.3, 0.4) is 0 Å². The van der Waals surface area contributed by atoms with Crippen LogP contribution in [-0.2, 0) is 11.2 Å². The van der Waals surface area contributed by atoms with Crippen LogP contribution < -0.4 is 5.84 Å². The van der Waals surface area contributed by atoms with Crippen molar-refractivity contribution in [1.82, 2.24) is 9.66 Å². The SMILES string of the molecule is CCc1c(C2CCCO2)nc(C)n1N. The molecule has 2 rings (SSSR count). The van der Waals surface area contributed by atoms with Gasteiger partial charge < -0.3 is 10.6 Å². The zero-order valence-electron chi connectivity index (χ0n) is 8.79. The van der Waals surface area contributed by atoms with E-state index in [1.807, 2.05) is 6.92 Å². The molecule has 1 saturated heterocycles. The highest BCUT2D eigenvalue weighted by Crippen LogP contribution is 2.30. The Morgan fingerprint density at radius 1 is 1.64 bits per heavy atom. The maximum atomic E-state index is 5.88. The molecule has 1 atom stereocenters. The summed E-state index contributed by atoms with van der Waals surface area (Å²) in [5.74, 6) is 6.75. The Bertz CT molecular complexity index is 326. The Balaban J connectivity index is 2.36. The van der Waals surface area contributed by atoms with Gasteiger partial charge in [0.1, 0.15) is 11.9 Å². The minimum absolute atomic E-state index is 0.174. The Labute approximate surface area is 84.0 Å². The van der Waals surface area contributed by atoms with Crippen molar-refractivity contribution in [2.75, 3.05) is 12.4 Å². The van der Waals surface area contributed by atoms with Crippen molar-refractivity contribution < 1.29 is 4.74 Å². The van der Waals surface area contributed by atoms with Crippen molar-refractivity contribution in [3.05, 3.63) is 17.2 Å². The molecule has 0 radical (unpaired) electrons. The first-order valence-corrected chi connectivity index (χ1v) is 5.18. The Kier molecular flexibility index (Phi) is 2.46. The minimum Gasteiger partial charge on any atom is -0.372 e. The van der Waals surface area contributed by atoms with Gasteiger partial charge in [-0.1, -0.05) is 6.92 Å². The number of nitrogens with two attached hydrogens (primary N) is 1. The number of nitrogen functional groups attached to an aromatic ring is 1. The second-order valence-electron chi connectivity index (χ2n) is 3.72. The van der Waals surface area contributed by atoms with E-state index in [4.69, 9.17) is 10.6 Å². The lowest BCUT2D eigenvalue weighted by atomic mass is 10.1. The summed E-state index contributed by atoms with van der Waals surface area (Å²) in [7, 11) is 0. The monoisotopic (exact) mass is 195 g/mol. The molecule has 1 unspecified atom stereocenters. The second-order valence-corrected chi connectivity index (χ2v) is 3.72. The van der Waals surface area contributed by atoms with E-state index in [1.54, 1.807) is 4.68 Å². The standard InChI is InChI=1S/C10H17N3O/c1-3-8-10(9-5-4-6-14-9)12-7(2)13(8)11/h9H,3-6,11H2,1-2H3. The van der Waals surface area contributed by atoms with Gasteiger partial charge in [-0.25, -0.2) is 4.98 Å². The van der Waals surface area contributed by atoms with Crippen molar-refractivity contribution in [3.63, 3.8) is 0 Å². The van der Waals surface area contributed by atoms with Crippen LogP contribution in [0.2, 0.25) is 0 Å². The van der Waals surface area contributed by atoms with E-state index in [0.29, 0.717) is 0 Å². The number of imidazole rings is 1. The first-order valence-electron chi connectivity index (χ1n) is 5.18. The Morgan fingerprint density at radius 3 is 3.00 bits per heavy atom. The number of aryl methyl sites for hydroxylation is 1. The summed E-state index contributed by atoms with van der Waals surface area (Å²) < 4.78 is 7.30. The fraction of sp³-hybridized carbons (Fsp3) is 0.700. The summed E-state index contributed by atoms with van der Waals surface area (Å²) in [5, 5.41) is 0. The quantitative estimate of drug-likeness (QED) is 0.724. The highest BCUT2D eigenvalue weighted by Gasteiger charge is 2.24. The van der Waals surface area contributed by atoms with Crippen LogP contribution in [0.5, 0.6) is 0 Å². The van der Waals surface area contributed by atoms with Gasteiger partial charge in [0.25, 0.3) is 0 Å². The minimum atomic E-state index is 0.174. The van der Waals surface area contributed by atoms with Crippen molar-refractivity contribution in [1.29, 1.82) is 0 Å². The molecule has 0 aliphatic carbocycles. The zero-order chi connectivity index (χ0) is 10.1. The fourth-order valence-corrected chi connectivity index (χ4v) is 2.01. The number of ether oxygens (including phenoxy) is 1. The molecule has 0 amide bonds. The van der Waals surface area contributed by atoms with E-state index in [0.717, 1.165) is 43.1 Å². The summed E-state index contributed by atoms with van der Waals surface area (Å²) in [6.45, 7) is 4.88. The number of aromatic nitrogens is 2. The van der Waals surface area contributed by atoms with Crippen LogP contribution in [0, 0.1) is 6.92 Å². The molecular formula is C10H17N3O. The topological polar surface area (TPSA) is 53.1 Å². The largest absolute Gasteiger partial charge is 0.372 e. The zero-order valence-corrected chi connectivity index (χ0v) is 8.79. The van der Waals surface area contributed by atoms with E-state index < -0.39 is 0 Å². The number of hydrogen-bond donors (Lipinski definition) is 1. The average Bonchev–Trinajstić information content (AvgIpc) is 2.76. The van der Waals surface area contributed by atoms with E-state index >= 15 is 0 Å². The molecule has 4 nitrogen and oxygen atoms in total. The maximum Gasteiger partial charge on any atom is 0.124 e. The third kappa shape index (κ3) is 1.39. The van der Waals surface area contributed by atoms with Crippen LogP contribution in [0.4, 0.5) is 0 Å². The van der Waals surface area contributed by atoms with Crippen molar-refractivity contribution in [2.24, 2.45) is 0 Å². The fourth-order valence-electron chi connectivity index (χ4n) is 2.01. The summed E-state index contributed by atoms with van der Waals surface area (Å²) >= 11 is 0. The van der Waals surface area contributed by atoms with E-state index in [1.165, 1.54) is 0 Å². The van der Waals surface area contributed by atoms with Crippen LogP contribution in [0.1, 0.15) is 43.1 Å². The Hall–Kier alpha value is -1.03. The summed E-state index contributed by atoms with van der Waals surface area (Å²) in [5.41, 5.74) is 2.15. The lowest BCUT2D eigenvalue weighted by molar-refractivity contribution is 0.108. The molecule has 0 aromatic carbocycles. The molecule has 0 spiro atoms. The van der Waals surface area contributed by atoms with Gasteiger partial charge in [0.2, 0.25) is 0 Å². The van der Waals surface area contributed by atoms with Gasteiger partial charge in [-0.2, -0.15) is 0 Å². The van der Waals surface area contributed by atoms with Gasteiger partial charge in [0.05, 0.1) is 11.4 Å². The molecule has 4 heteroatoms. The molecule has 78 valence electrons. The van der Waals surface area contributed by atoms with Gasteiger partial charge in [-0.05, 0) is 26.2 Å². The average molecular weight is 195 g/mol. The molecular weight excluding hydrogens is 178 g/mol. The molecule has 1 aliphatic heterocycles. The number of nitrogens with zero attached hydrogens (tertiary/aromatic N) is 2. The Morgan fingerprint density at radius 2 is 2.43 bits per heavy atom. The molecule has 1 aliphatic rings. The smallest absolute Gasteiger partial charge is 0.124 e. The van der Waals surface area contributed by atoms with Crippen molar-refractivity contribution in [2.45, 2.75) is 39.2 Å². The van der Waals surface area contributed by atoms with Gasteiger partial charge in [-0.15, -0.1) is 0 Å². The number of hydrogen-bond acceptors (Lipinski definition) is 3. The highest BCUT2D eigenvalue weighted by molar-refractivity contribution is 5.20. The highest BCUT2D eigenvalue weighted by atomic mass is 16.5. The lowest BCUT2D eigenvalue weighted by Gasteiger charge is -2.08. The summed E-state index contributed by atoms with van der Waals surface area (Å²) in [4.78, 5) is 4.48. The van der Waals surface area contributed by atoms with Crippen molar-refractivity contribution >= 4 is 0 Å². The third-order valence-corrected chi connectivity index (χ3v) is 2.79. The third-order valence-electron chi connectivity index (χ3n) is 2.79. The molecule has 0 bridgehead atoms. The molecule has 1 fully saturated rings. The van der Waals surface area contributed by atoms with Gasteiger partial charge >= 0.3 is 0 Å². The molecule has 0 saturated carbocycles. The summed E-state index contributed by atoms with van der Waals surface area (Å²) in [6, 6.07) is 0. The van der Waals surface area contributed by atoms with Crippen LogP contribution in [-0.4, -0.2) is 16.3 Å². The van der Waals surface area contributed by atoms with Gasteiger partial charge in [0.15, 0.2) is 0 Å². The lowest BCUT2D eigenvalue weighted by Crippen LogP contribution is -2.14. The van der Waals surface area contributed by atoms with E-state index in [-0.39, 0.29) is 6.10 Å².